The van der Waals surface area contributed by atoms with Crippen molar-refractivity contribution >= 4 is 5.78 Å². The Morgan fingerprint density at radius 2 is 1.85 bits per heavy atom. The van der Waals surface area contributed by atoms with Gasteiger partial charge in [-0.15, -0.1) is 0 Å². The smallest absolute Gasteiger partial charge is 0.337 e. The molecule has 182 valence electrons. The van der Waals surface area contributed by atoms with Gasteiger partial charge >= 0.3 is 5.92 Å². The summed E-state index contributed by atoms with van der Waals surface area (Å²) in [6, 6.07) is 5.35. The van der Waals surface area contributed by atoms with Gasteiger partial charge in [0.05, 0.1) is 7.11 Å². The van der Waals surface area contributed by atoms with E-state index < -0.39 is 47.0 Å². The molecule has 6 rings (SSSR count). The Bertz CT molecular complexity index is 939. The molecule has 0 radical (unpaired) electrons. The van der Waals surface area contributed by atoms with Crippen molar-refractivity contribution in [1.82, 2.24) is 0 Å². The molecule has 1 N–H and O–H groups in total. The summed E-state index contributed by atoms with van der Waals surface area (Å²) in [6.07, 6.45) is -0.865. The number of methoxy groups -OCH3 is 1. The van der Waals surface area contributed by atoms with Crippen LogP contribution in [0.4, 0.5) is 8.78 Å². The van der Waals surface area contributed by atoms with E-state index in [0.29, 0.717) is 18.6 Å². The highest BCUT2D eigenvalue weighted by Gasteiger charge is 2.77. The summed E-state index contributed by atoms with van der Waals surface area (Å²) in [4.78, 5) is 24.4. The van der Waals surface area contributed by atoms with Crippen LogP contribution in [0, 0.1) is 17.8 Å². The van der Waals surface area contributed by atoms with Gasteiger partial charge in [0, 0.05) is 17.9 Å². The number of aliphatic hydroxyl groups is 1. The second kappa shape index (κ2) is 7.42. The molecule has 4 aliphatic heterocycles. The number of halogens is 2. The van der Waals surface area contributed by atoms with Gasteiger partial charge in [-0.3, -0.25) is 4.79 Å². The average Bonchev–Trinajstić information content (AvgIpc) is 2.88. The van der Waals surface area contributed by atoms with Crippen LogP contribution in [0.3, 0.4) is 0 Å². The van der Waals surface area contributed by atoms with Crippen molar-refractivity contribution in [3.05, 3.63) is 29.8 Å². The van der Waals surface area contributed by atoms with Crippen molar-refractivity contribution in [1.29, 1.82) is 0 Å². The van der Waals surface area contributed by atoms with Crippen LogP contribution in [-0.2, 0) is 19.2 Å². The van der Waals surface area contributed by atoms with Gasteiger partial charge in [0.1, 0.15) is 11.4 Å². The number of aliphatic hydroxyl groups excluding tert-OH is 1. The molecule has 1 aromatic rings. The predicted octanol–water partition coefficient (Wildman–Crippen LogP) is 3.88. The molecule has 1 aliphatic carbocycles. The maximum atomic E-state index is 15.5. The molecule has 0 aromatic heterocycles. The van der Waals surface area contributed by atoms with Gasteiger partial charge in [-0.1, -0.05) is 6.92 Å². The summed E-state index contributed by atoms with van der Waals surface area (Å²) < 4.78 is 48.3. The van der Waals surface area contributed by atoms with Crippen molar-refractivity contribution in [3.63, 3.8) is 0 Å². The van der Waals surface area contributed by atoms with Crippen molar-refractivity contribution < 1.29 is 42.7 Å². The van der Waals surface area contributed by atoms with Crippen LogP contribution >= 0.6 is 0 Å². The molecular weight excluding hydrogens is 438 g/mol. The molecule has 4 heterocycles. The van der Waals surface area contributed by atoms with Crippen molar-refractivity contribution in [2.24, 2.45) is 17.8 Å². The number of ether oxygens (including phenoxy) is 3. The lowest BCUT2D eigenvalue weighted by Gasteiger charge is -2.51. The number of carbonyl (C=O) groups is 1. The summed E-state index contributed by atoms with van der Waals surface area (Å²) in [5.74, 6) is -6.68. The van der Waals surface area contributed by atoms with E-state index in [2.05, 4.69) is 6.92 Å². The Hall–Kier alpha value is -1.65. The van der Waals surface area contributed by atoms with Crippen molar-refractivity contribution in [2.75, 3.05) is 7.11 Å². The van der Waals surface area contributed by atoms with Crippen molar-refractivity contribution in [3.8, 4) is 5.75 Å². The van der Waals surface area contributed by atoms with Gasteiger partial charge in [-0.25, -0.2) is 9.78 Å². The first-order chi connectivity index (χ1) is 15.5. The molecule has 9 heteroatoms. The topological polar surface area (TPSA) is 83.5 Å². The third kappa shape index (κ3) is 3.13. The molecule has 5 aliphatic rings. The van der Waals surface area contributed by atoms with Gasteiger partial charge in [-0.05, 0) is 69.2 Å². The number of hydrogen-bond donors (Lipinski definition) is 1. The Morgan fingerprint density at radius 1 is 1.15 bits per heavy atom. The van der Waals surface area contributed by atoms with E-state index in [4.69, 9.17) is 24.0 Å². The van der Waals surface area contributed by atoms with Gasteiger partial charge in [0.2, 0.25) is 11.6 Å². The molecule has 8 atom stereocenters. The van der Waals surface area contributed by atoms with Crippen LogP contribution in [-0.4, -0.2) is 53.3 Å². The molecule has 5 fully saturated rings. The summed E-state index contributed by atoms with van der Waals surface area (Å²) in [5.41, 5.74) is -3.14. The number of ketones is 1. The van der Waals surface area contributed by atoms with Gasteiger partial charge in [0.25, 0.3) is 0 Å². The zero-order chi connectivity index (χ0) is 23.8. The number of Topliss-reactive ketones (excluding diaryl/α,β-unsaturated/α-hetero) is 1. The fraction of sp³-hybridized carbons (Fsp3) is 0.708. The van der Waals surface area contributed by atoms with Gasteiger partial charge in [-0.2, -0.15) is 8.78 Å². The molecule has 7 nitrogen and oxygen atoms in total. The molecule has 1 aromatic carbocycles. The second-order valence-corrected chi connectivity index (χ2v) is 10.2. The molecule has 1 unspecified atom stereocenters. The molecule has 1 saturated carbocycles. The molecular formula is C24H30F2O7. The van der Waals surface area contributed by atoms with Gasteiger partial charge < -0.3 is 19.3 Å². The third-order valence-corrected chi connectivity index (χ3v) is 8.31. The highest BCUT2D eigenvalue weighted by Crippen LogP contribution is 2.64. The summed E-state index contributed by atoms with van der Waals surface area (Å²) in [7, 11) is 1.44. The number of benzene rings is 1. The largest absolute Gasteiger partial charge is 0.497 e. The fourth-order valence-electron chi connectivity index (χ4n) is 6.42. The Balaban J connectivity index is 1.50. The molecule has 0 amide bonds. The monoisotopic (exact) mass is 468 g/mol. The van der Waals surface area contributed by atoms with E-state index >= 15 is 8.78 Å². The SMILES string of the molecule is COc1ccc(C(=O)C(F)(F)C(O)[C@@]2(C)O[C@@H]3O[C@]4(C)CC[C@H]5[C@H](C)CC[C@@H]2[C@@]35OO4)cc1. The van der Waals surface area contributed by atoms with Crippen LogP contribution in [0.5, 0.6) is 5.75 Å². The fourth-order valence-corrected chi connectivity index (χ4v) is 6.42. The van der Waals surface area contributed by atoms with E-state index in [9.17, 15) is 9.90 Å². The number of fused-ring (bicyclic) bond motifs is 2. The van der Waals surface area contributed by atoms with Gasteiger partial charge in [0.15, 0.2) is 18.0 Å². The first-order valence-corrected chi connectivity index (χ1v) is 11.4. The Labute approximate surface area is 191 Å². The van der Waals surface area contributed by atoms with Crippen LogP contribution in [0.2, 0.25) is 0 Å². The summed E-state index contributed by atoms with van der Waals surface area (Å²) >= 11 is 0. The lowest BCUT2D eigenvalue weighted by Crippen LogP contribution is -2.64. The first-order valence-electron chi connectivity index (χ1n) is 11.4. The van der Waals surface area contributed by atoms with Crippen LogP contribution in [0.15, 0.2) is 24.3 Å². The van der Waals surface area contributed by atoms with E-state index in [0.717, 1.165) is 12.8 Å². The molecule has 1 spiro atoms. The number of hydrogen-bond acceptors (Lipinski definition) is 7. The maximum absolute atomic E-state index is 15.5. The quantitative estimate of drug-likeness (QED) is 0.519. The van der Waals surface area contributed by atoms with Crippen LogP contribution in [0.1, 0.15) is 56.8 Å². The zero-order valence-electron chi connectivity index (χ0n) is 19.2. The third-order valence-electron chi connectivity index (χ3n) is 8.31. The minimum Gasteiger partial charge on any atom is -0.497 e. The van der Waals surface area contributed by atoms with Crippen LogP contribution < -0.4 is 4.74 Å². The molecule has 2 bridgehead atoms. The van der Waals surface area contributed by atoms with E-state index in [1.165, 1.54) is 38.3 Å². The number of rotatable bonds is 5. The Morgan fingerprint density at radius 3 is 2.52 bits per heavy atom. The summed E-state index contributed by atoms with van der Waals surface area (Å²) in [6.45, 7) is 5.26. The minimum absolute atomic E-state index is 0.0505. The first kappa shape index (κ1) is 23.1. The van der Waals surface area contributed by atoms with E-state index in [1.54, 1.807) is 6.92 Å². The lowest BCUT2D eigenvalue weighted by atomic mass is 9.58. The zero-order valence-corrected chi connectivity index (χ0v) is 19.2. The molecule has 4 saturated heterocycles. The predicted molar refractivity (Wildman–Crippen MR) is 111 cm³/mol. The minimum atomic E-state index is -4.11. The Kier molecular flexibility index (Phi) is 5.20. The summed E-state index contributed by atoms with van der Waals surface area (Å²) in [5, 5.41) is 11.1. The van der Waals surface area contributed by atoms with E-state index in [-0.39, 0.29) is 17.4 Å². The van der Waals surface area contributed by atoms with Crippen LogP contribution in [0.25, 0.3) is 0 Å². The maximum Gasteiger partial charge on any atom is 0.337 e. The molecule has 33 heavy (non-hydrogen) atoms. The number of carbonyl (C=O) groups excluding carboxylic acids is 1. The normalized spacial score (nSPS) is 43.0. The highest BCUT2D eigenvalue weighted by molar-refractivity contribution is 6.02. The average molecular weight is 468 g/mol. The van der Waals surface area contributed by atoms with Crippen molar-refractivity contribution in [2.45, 2.75) is 81.8 Å². The standard InChI is InChI=1S/C24H30F2O7/c1-13-5-10-17-22(3,31-20-23(17)16(13)11-12-21(2,30-20)32-33-23)19(28)24(25,26)18(27)14-6-8-15(29-4)9-7-14/h6-9,13,16-17,19-20,28H,5,10-12H2,1-4H3/t13-,16+,17+,19?,20+,21+,22+,23-/m1/s1. The highest BCUT2D eigenvalue weighted by atomic mass is 19.3. The number of alkyl halides is 2. The lowest BCUT2D eigenvalue weighted by molar-refractivity contribution is -0.541. The second-order valence-electron chi connectivity index (χ2n) is 10.2. The van der Waals surface area contributed by atoms with E-state index in [1.807, 2.05) is 0 Å².